The molecular formula is C23H26FN5OS. The van der Waals surface area contributed by atoms with Crippen LogP contribution in [0.3, 0.4) is 0 Å². The summed E-state index contributed by atoms with van der Waals surface area (Å²) < 4.78 is 15.0. The van der Waals surface area contributed by atoms with Crippen LogP contribution in [0.15, 0.2) is 53.7 Å². The molecule has 0 radical (unpaired) electrons. The minimum absolute atomic E-state index is 0.0953. The number of anilines is 2. The number of nitrogens with one attached hydrogen (secondary N) is 1. The van der Waals surface area contributed by atoms with Gasteiger partial charge in [-0.15, -0.1) is 10.2 Å². The number of hydrogen-bond donors (Lipinski definition) is 1. The van der Waals surface area contributed by atoms with Crippen LogP contribution >= 0.6 is 11.8 Å². The number of hydrogen-bond acceptors (Lipinski definition) is 5. The van der Waals surface area contributed by atoms with Crippen LogP contribution in [-0.4, -0.2) is 39.0 Å². The van der Waals surface area contributed by atoms with E-state index < -0.39 is 0 Å². The van der Waals surface area contributed by atoms with Gasteiger partial charge in [0.25, 0.3) is 0 Å². The lowest BCUT2D eigenvalue weighted by molar-refractivity contribution is -0.115. The number of rotatable bonds is 6. The van der Waals surface area contributed by atoms with E-state index in [1.165, 1.54) is 48.8 Å². The van der Waals surface area contributed by atoms with E-state index in [-0.39, 0.29) is 17.0 Å². The molecule has 1 unspecified atom stereocenters. The lowest BCUT2D eigenvalue weighted by Gasteiger charge is -2.28. The van der Waals surface area contributed by atoms with Gasteiger partial charge in [0, 0.05) is 37.1 Å². The first-order chi connectivity index (χ1) is 15.0. The highest BCUT2D eigenvalue weighted by molar-refractivity contribution is 8.00. The van der Waals surface area contributed by atoms with Gasteiger partial charge >= 0.3 is 0 Å². The number of thioether (sulfide) groups is 1. The van der Waals surface area contributed by atoms with Crippen molar-refractivity contribution in [1.29, 1.82) is 0 Å². The summed E-state index contributed by atoms with van der Waals surface area (Å²) in [6, 6.07) is 14.1. The van der Waals surface area contributed by atoms with E-state index in [9.17, 15) is 9.18 Å². The maximum atomic E-state index is 13.2. The maximum Gasteiger partial charge on any atom is 0.237 e. The average molecular weight is 440 g/mol. The second-order valence-corrected chi connectivity index (χ2v) is 9.02. The van der Waals surface area contributed by atoms with Gasteiger partial charge in [0.15, 0.2) is 11.0 Å². The zero-order chi connectivity index (χ0) is 21.8. The summed E-state index contributed by atoms with van der Waals surface area (Å²) in [5, 5.41) is 11.7. The molecule has 4 rings (SSSR count). The van der Waals surface area contributed by atoms with E-state index in [1.54, 1.807) is 12.1 Å². The third-order valence-electron chi connectivity index (χ3n) is 5.44. The van der Waals surface area contributed by atoms with E-state index in [4.69, 9.17) is 0 Å². The Hall–Kier alpha value is -2.87. The molecule has 1 saturated heterocycles. The number of carbonyl (C=O) groups excluding carboxylic acids is 1. The predicted molar refractivity (Wildman–Crippen MR) is 123 cm³/mol. The molecule has 1 atom stereocenters. The molecule has 3 aromatic rings. The van der Waals surface area contributed by atoms with Crippen LogP contribution in [0.2, 0.25) is 0 Å². The summed E-state index contributed by atoms with van der Waals surface area (Å²) in [5.74, 6) is 0.236. The number of piperidine rings is 1. The molecule has 1 aromatic heterocycles. The molecule has 31 heavy (non-hydrogen) atoms. The van der Waals surface area contributed by atoms with Crippen molar-refractivity contribution in [2.45, 2.75) is 36.6 Å². The van der Waals surface area contributed by atoms with Crippen LogP contribution in [0.1, 0.15) is 26.2 Å². The van der Waals surface area contributed by atoms with Crippen molar-refractivity contribution < 1.29 is 9.18 Å². The summed E-state index contributed by atoms with van der Waals surface area (Å²) in [7, 11) is 1.84. The van der Waals surface area contributed by atoms with Gasteiger partial charge in [-0.1, -0.05) is 11.8 Å². The zero-order valence-corrected chi connectivity index (χ0v) is 18.5. The lowest BCUT2D eigenvalue weighted by Crippen LogP contribution is -2.29. The van der Waals surface area contributed by atoms with Crippen molar-refractivity contribution in [2.24, 2.45) is 7.05 Å². The summed E-state index contributed by atoms with van der Waals surface area (Å²) in [6.07, 6.45) is 3.77. The summed E-state index contributed by atoms with van der Waals surface area (Å²) in [4.78, 5) is 15.1. The molecule has 6 nitrogen and oxygen atoms in total. The second-order valence-electron chi connectivity index (χ2n) is 7.72. The van der Waals surface area contributed by atoms with Crippen molar-refractivity contribution in [2.75, 3.05) is 23.3 Å². The van der Waals surface area contributed by atoms with Crippen LogP contribution < -0.4 is 10.2 Å². The third kappa shape index (κ3) is 5.07. The monoisotopic (exact) mass is 439 g/mol. The Morgan fingerprint density at radius 2 is 1.71 bits per heavy atom. The number of carbonyl (C=O) groups is 1. The normalized spacial score (nSPS) is 15.0. The Kier molecular flexibility index (Phi) is 6.56. The van der Waals surface area contributed by atoms with Crippen molar-refractivity contribution in [3.05, 3.63) is 54.3 Å². The topological polar surface area (TPSA) is 63.1 Å². The van der Waals surface area contributed by atoms with E-state index in [0.717, 1.165) is 24.3 Å². The second kappa shape index (κ2) is 9.51. The predicted octanol–water partition coefficient (Wildman–Crippen LogP) is 4.73. The zero-order valence-electron chi connectivity index (χ0n) is 17.7. The SMILES string of the molecule is CC(Sc1nnc(-c2ccc(F)cc2)n1C)C(=O)Nc1ccc(N2CCCCC2)cc1. The smallest absolute Gasteiger partial charge is 0.237 e. The molecule has 1 fully saturated rings. The Balaban J connectivity index is 1.37. The Bertz CT molecular complexity index is 1030. The summed E-state index contributed by atoms with van der Waals surface area (Å²) in [5.41, 5.74) is 2.75. The molecule has 0 spiro atoms. The highest BCUT2D eigenvalue weighted by Crippen LogP contribution is 2.27. The van der Waals surface area contributed by atoms with E-state index in [2.05, 4.69) is 32.5 Å². The number of halogens is 1. The molecule has 0 aliphatic carbocycles. The lowest BCUT2D eigenvalue weighted by atomic mass is 10.1. The molecule has 8 heteroatoms. The van der Waals surface area contributed by atoms with Gasteiger partial charge < -0.3 is 14.8 Å². The molecule has 1 aliphatic rings. The fourth-order valence-electron chi connectivity index (χ4n) is 3.63. The molecule has 0 saturated carbocycles. The Labute approximate surface area is 185 Å². The highest BCUT2D eigenvalue weighted by atomic mass is 32.2. The van der Waals surface area contributed by atoms with Gasteiger partial charge in [-0.05, 0) is 74.7 Å². The van der Waals surface area contributed by atoms with Crippen molar-refractivity contribution >= 4 is 29.0 Å². The van der Waals surface area contributed by atoms with Crippen LogP contribution in [-0.2, 0) is 11.8 Å². The molecule has 162 valence electrons. The van der Waals surface area contributed by atoms with Crippen molar-refractivity contribution in [3.63, 3.8) is 0 Å². The largest absolute Gasteiger partial charge is 0.372 e. The number of aromatic nitrogens is 3. The molecule has 0 bridgehead atoms. The summed E-state index contributed by atoms with van der Waals surface area (Å²) in [6.45, 7) is 4.03. The van der Waals surface area contributed by atoms with Gasteiger partial charge in [-0.25, -0.2) is 4.39 Å². The molecule has 1 N–H and O–H groups in total. The van der Waals surface area contributed by atoms with E-state index in [1.807, 2.05) is 30.7 Å². The van der Waals surface area contributed by atoms with Crippen LogP contribution in [0.5, 0.6) is 0 Å². The Morgan fingerprint density at radius 1 is 1.03 bits per heavy atom. The molecular weight excluding hydrogens is 413 g/mol. The first-order valence-corrected chi connectivity index (χ1v) is 11.4. The molecule has 2 aromatic carbocycles. The number of benzene rings is 2. The highest BCUT2D eigenvalue weighted by Gasteiger charge is 2.20. The van der Waals surface area contributed by atoms with Gasteiger partial charge in [-0.2, -0.15) is 0 Å². The van der Waals surface area contributed by atoms with E-state index in [0.29, 0.717) is 11.0 Å². The van der Waals surface area contributed by atoms with E-state index >= 15 is 0 Å². The minimum Gasteiger partial charge on any atom is -0.372 e. The van der Waals surface area contributed by atoms with Crippen LogP contribution in [0, 0.1) is 5.82 Å². The summed E-state index contributed by atoms with van der Waals surface area (Å²) >= 11 is 1.34. The Morgan fingerprint density at radius 3 is 2.39 bits per heavy atom. The van der Waals surface area contributed by atoms with Gasteiger partial charge in [0.2, 0.25) is 5.91 Å². The fraction of sp³-hybridized carbons (Fsp3) is 0.348. The molecule has 1 aliphatic heterocycles. The van der Waals surface area contributed by atoms with Crippen molar-refractivity contribution in [3.8, 4) is 11.4 Å². The number of amides is 1. The van der Waals surface area contributed by atoms with Gasteiger partial charge in [0.1, 0.15) is 5.82 Å². The van der Waals surface area contributed by atoms with Crippen LogP contribution in [0.4, 0.5) is 15.8 Å². The average Bonchev–Trinajstić information content (AvgIpc) is 3.15. The number of nitrogens with zero attached hydrogens (tertiary/aromatic N) is 4. The molecule has 1 amide bonds. The first-order valence-electron chi connectivity index (χ1n) is 10.5. The third-order valence-corrected chi connectivity index (χ3v) is 6.58. The first kappa shape index (κ1) is 21.4. The standard InChI is InChI=1S/C23H26FN5OS/c1-16(31-23-27-26-21(28(23)2)17-6-8-18(24)9-7-17)22(30)25-19-10-12-20(13-11-19)29-14-4-3-5-15-29/h6-13,16H,3-5,14-15H2,1-2H3,(H,25,30). The quantitative estimate of drug-likeness (QED) is 0.563. The molecule has 2 heterocycles. The van der Waals surface area contributed by atoms with Gasteiger partial charge in [-0.3, -0.25) is 4.79 Å². The maximum absolute atomic E-state index is 13.2. The van der Waals surface area contributed by atoms with Crippen molar-refractivity contribution in [1.82, 2.24) is 14.8 Å². The fourth-order valence-corrected chi connectivity index (χ4v) is 4.45. The van der Waals surface area contributed by atoms with Gasteiger partial charge in [0.05, 0.1) is 5.25 Å². The van der Waals surface area contributed by atoms with Crippen LogP contribution in [0.25, 0.3) is 11.4 Å². The minimum atomic E-state index is -0.356.